The molecule has 1 N–H and O–H groups in total. The molecule has 0 saturated carbocycles. The monoisotopic (exact) mass is 395 g/mol. The quantitative estimate of drug-likeness (QED) is 0.647. The number of hydrogen-bond acceptors (Lipinski definition) is 4. The van der Waals surface area contributed by atoms with E-state index in [9.17, 15) is 4.79 Å². The number of hydrogen-bond donors (Lipinski definition) is 1. The fourth-order valence-electron chi connectivity index (χ4n) is 1.94. The highest BCUT2D eigenvalue weighted by atomic mass is 79.9. The van der Waals surface area contributed by atoms with E-state index in [0.29, 0.717) is 18.9 Å². The molecular weight excluding hydrogens is 374 g/mol. The molecule has 2 rings (SSSR count). The minimum Gasteiger partial charge on any atom is -0.486 e. The summed E-state index contributed by atoms with van der Waals surface area (Å²) in [5.74, 6) is 1.40. The number of benzene rings is 1. The highest BCUT2D eigenvalue weighted by Crippen LogP contribution is 2.18. The maximum atomic E-state index is 12.0. The van der Waals surface area contributed by atoms with Crippen LogP contribution in [0.1, 0.15) is 36.6 Å². The molecule has 0 atom stereocenters. The molecule has 0 aliphatic heterocycles. The van der Waals surface area contributed by atoms with Crippen LogP contribution in [-0.2, 0) is 11.3 Å². The minimum absolute atomic E-state index is 0.207. The minimum atomic E-state index is -0.227. The van der Waals surface area contributed by atoms with Gasteiger partial charge >= 0.3 is 0 Å². The third-order valence-electron chi connectivity index (χ3n) is 3.14. The Bertz CT molecular complexity index is 637. The molecule has 1 aromatic heterocycles. The number of ether oxygens (including phenoxy) is 2. The van der Waals surface area contributed by atoms with E-state index in [1.54, 1.807) is 12.1 Å². The van der Waals surface area contributed by atoms with Crippen LogP contribution in [-0.4, -0.2) is 25.2 Å². The second-order valence-corrected chi connectivity index (χ2v) is 6.45. The molecule has 1 heterocycles. The van der Waals surface area contributed by atoms with Crippen molar-refractivity contribution in [3.05, 3.63) is 52.4 Å². The van der Waals surface area contributed by atoms with Gasteiger partial charge < -0.3 is 19.2 Å². The van der Waals surface area contributed by atoms with E-state index in [1.807, 2.05) is 38.1 Å². The van der Waals surface area contributed by atoms with E-state index in [2.05, 4.69) is 21.2 Å². The number of rotatable bonds is 9. The largest absolute Gasteiger partial charge is 0.486 e. The summed E-state index contributed by atoms with van der Waals surface area (Å²) in [5, 5.41) is 2.81. The van der Waals surface area contributed by atoms with Crippen molar-refractivity contribution in [2.24, 2.45) is 0 Å². The fraction of sp³-hybridized carbons (Fsp3) is 0.389. The summed E-state index contributed by atoms with van der Waals surface area (Å²) in [4.78, 5) is 12.0. The summed E-state index contributed by atoms with van der Waals surface area (Å²) in [6.45, 7) is 5.43. The second-order valence-electron chi connectivity index (χ2n) is 5.54. The Balaban J connectivity index is 1.73. The Kier molecular flexibility index (Phi) is 7.34. The van der Waals surface area contributed by atoms with Gasteiger partial charge in [0.25, 0.3) is 5.91 Å². The van der Waals surface area contributed by atoms with Crippen LogP contribution in [0.4, 0.5) is 0 Å². The lowest BCUT2D eigenvalue weighted by molar-refractivity contribution is 0.0753. The molecule has 0 saturated heterocycles. The highest BCUT2D eigenvalue weighted by molar-refractivity contribution is 9.10. The molecule has 5 nitrogen and oxygen atoms in total. The van der Waals surface area contributed by atoms with Gasteiger partial charge in [-0.3, -0.25) is 4.79 Å². The Morgan fingerprint density at radius 3 is 2.67 bits per heavy atom. The van der Waals surface area contributed by atoms with Crippen LogP contribution < -0.4 is 10.1 Å². The third-order valence-corrected chi connectivity index (χ3v) is 3.67. The molecule has 1 amide bonds. The third kappa shape index (κ3) is 6.37. The molecule has 0 bridgehead atoms. The summed E-state index contributed by atoms with van der Waals surface area (Å²) in [7, 11) is 0. The number of nitrogens with one attached hydrogen (secondary N) is 1. The van der Waals surface area contributed by atoms with Gasteiger partial charge in [0.2, 0.25) is 0 Å². The van der Waals surface area contributed by atoms with Crippen molar-refractivity contribution in [2.45, 2.75) is 33.0 Å². The van der Waals surface area contributed by atoms with Gasteiger partial charge in [0.15, 0.2) is 5.76 Å². The van der Waals surface area contributed by atoms with E-state index in [-0.39, 0.29) is 24.4 Å². The SMILES string of the molecule is CC(C)OCCCNC(=O)c1ccc(COc2ccc(Br)cc2)o1. The molecule has 0 fully saturated rings. The van der Waals surface area contributed by atoms with Crippen molar-refractivity contribution in [1.29, 1.82) is 0 Å². The van der Waals surface area contributed by atoms with Crippen molar-refractivity contribution >= 4 is 21.8 Å². The topological polar surface area (TPSA) is 60.7 Å². The summed E-state index contributed by atoms with van der Waals surface area (Å²) >= 11 is 3.37. The van der Waals surface area contributed by atoms with Crippen LogP contribution in [0.2, 0.25) is 0 Å². The van der Waals surface area contributed by atoms with Gasteiger partial charge in [0, 0.05) is 17.6 Å². The van der Waals surface area contributed by atoms with Gasteiger partial charge in [-0.2, -0.15) is 0 Å². The molecule has 0 unspecified atom stereocenters. The highest BCUT2D eigenvalue weighted by Gasteiger charge is 2.11. The summed E-state index contributed by atoms with van der Waals surface area (Å²) in [6, 6.07) is 10.9. The maximum absolute atomic E-state index is 12.0. The first-order valence-electron chi connectivity index (χ1n) is 7.91. The zero-order valence-electron chi connectivity index (χ0n) is 13.9. The van der Waals surface area contributed by atoms with Gasteiger partial charge in [-0.05, 0) is 56.7 Å². The summed E-state index contributed by atoms with van der Waals surface area (Å²) < 4.78 is 17.5. The van der Waals surface area contributed by atoms with Crippen molar-refractivity contribution < 1.29 is 18.7 Å². The zero-order valence-corrected chi connectivity index (χ0v) is 15.5. The molecule has 0 aliphatic rings. The molecular formula is C18H22BrNO4. The van der Waals surface area contributed by atoms with E-state index in [1.165, 1.54) is 0 Å². The Labute approximate surface area is 150 Å². The van der Waals surface area contributed by atoms with Crippen molar-refractivity contribution in [2.75, 3.05) is 13.2 Å². The molecule has 6 heteroatoms. The first-order chi connectivity index (χ1) is 11.5. The number of carbonyl (C=O) groups is 1. The van der Waals surface area contributed by atoms with Gasteiger partial charge in [0.1, 0.15) is 18.1 Å². The first kappa shape index (κ1) is 18.5. The Hall–Kier alpha value is -1.79. The van der Waals surface area contributed by atoms with Crippen molar-refractivity contribution in [1.82, 2.24) is 5.32 Å². The maximum Gasteiger partial charge on any atom is 0.286 e. The van der Waals surface area contributed by atoms with Crippen LogP contribution in [0.15, 0.2) is 45.3 Å². The molecule has 0 aliphatic carbocycles. The van der Waals surface area contributed by atoms with Crippen LogP contribution in [0.3, 0.4) is 0 Å². The predicted octanol–water partition coefficient (Wildman–Crippen LogP) is 4.17. The average molecular weight is 396 g/mol. The lowest BCUT2D eigenvalue weighted by atomic mass is 10.3. The van der Waals surface area contributed by atoms with Gasteiger partial charge in [-0.25, -0.2) is 0 Å². The standard InChI is InChI=1S/C18H22BrNO4/c1-13(2)22-11-3-10-20-18(21)17-9-8-16(24-17)12-23-15-6-4-14(19)5-7-15/h4-9,13H,3,10-12H2,1-2H3,(H,20,21). The summed E-state index contributed by atoms with van der Waals surface area (Å²) in [6.07, 6.45) is 0.975. The van der Waals surface area contributed by atoms with Crippen LogP contribution >= 0.6 is 15.9 Å². The second kappa shape index (κ2) is 9.49. The number of halogens is 1. The van der Waals surface area contributed by atoms with E-state index in [4.69, 9.17) is 13.9 Å². The number of furan rings is 1. The van der Waals surface area contributed by atoms with E-state index >= 15 is 0 Å². The van der Waals surface area contributed by atoms with Crippen LogP contribution in [0, 0.1) is 0 Å². The molecule has 2 aromatic rings. The Morgan fingerprint density at radius 2 is 1.96 bits per heavy atom. The van der Waals surface area contributed by atoms with Gasteiger partial charge in [-0.15, -0.1) is 0 Å². The first-order valence-corrected chi connectivity index (χ1v) is 8.71. The fourth-order valence-corrected chi connectivity index (χ4v) is 2.21. The smallest absolute Gasteiger partial charge is 0.286 e. The molecule has 0 spiro atoms. The van der Waals surface area contributed by atoms with Crippen molar-refractivity contribution in [3.8, 4) is 5.75 Å². The molecule has 1 aromatic carbocycles. The van der Waals surface area contributed by atoms with Crippen molar-refractivity contribution in [3.63, 3.8) is 0 Å². The van der Waals surface area contributed by atoms with E-state index in [0.717, 1.165) is 16.6 Å². The normalized spacial score (nSPS) is 10.8. The predicted molar refractivity (Wildman–Crippen MR) is 95.2 cm³/mol. The van der Waals surface area contributed by atoms with E-state index < -0.39 is 0 Å². The number of amides is 1. The van der Waals surface area contributed by atoms with Crippen LogP contribution in [0.5, 0.6) is 5.75 Å². The lowest BCUT2D eigenvalue weighted by Crippen LogP contribution is -2.25. The number of carbonyl (C=O) groups excluding carboxylic acids is 1. The average Bonchev–Trinajstić information content (AvgIpc) is 3.02. The van der Waals surface area contributed by atoms with Crippen LogP contribution in [0.25, 0.3) is 0 Å². The van der Waals surface area contributed by atoms with Gasteiger partial charge in [-0.1, -0.05) is 15.9 Å². The molecule has 24 heavy (non-hydrogen) atoms. The lowest BCUT2D eigenvalue weighted by Gasteiger charge is -2.07. The summed E-state index contributed by atoms with van der Waals surface area (Å²) in [5.41, 5.74) is 0. The molecule has 0 radical (unpaired) electrons. The molecule has 130 valence electrons. The Morgan fingerprint density at radius 1 is 1.21 bits per heavy atom. The van der Waals surface area contributed by atoms with Gasteiger partial charge in [0.05, 0.1) is 6.10 Å². The zero-order chi connectivity index (χ0) is 17.4.